The Morgan fingerprint density at radius 1 is 1.53 bits per heavy atom. The predicted molar refractivity (Wildman–Crippen MR) is 58.4 cm³/mol. The van der Waals surface area contributed by atoms with Crippen molar-refractivity contribution < 1.29 is 4.39 Å². The van der Waals surface area contributed by atoms with Gasteiger partial charge in [-0.15, -0.1) is 0 Å². The van der Waals surface area contributed by atoms with Crippen molar-refractivity contribution in [3.05, 3.63) is 28.8 Å². The van der Waals surface area contributed by atoms with Gasteiger partial charge >= 0.3 is 0 Å². The molecule has 4 heteroatoms. The van der Waals surface area contributed by atoms with E-state index < -0.39 is 11.4 Å². The molecule has 0 amide bonds. The van der Waals surface area contributed by atoms with Crippen molar-refractivity contribution >= 4 is 11.6 Å². The molecular formula is C11H14ClFN2. The van der Waals surface area contributed by atoms with E-state index in [-0.39, 0.29) is 5.54 Å². The van der Waals surface area contributed by atoms with Crippen LogP contribution in [-0.2, 0) is 5.41 Å². The van der Waals surface area contributed by atoms with E-state index in [4.69, 9.17) is 17.3 Å². The SMILES string of the molecule is CC(C)(c1cc(Cl)cnc1F)C1(N)CC1. The molecule has 2 nitrogen and oxygen atoms in total. The van der Waals surface area contributed by atoms with Crippen LogP contribution in [0.3, 0.4) is 0 Å². The van der Waals surface area contributed by atoms with Crippen molar-refractivity contribution in [2.45, 2.75) is 37.6 Å². The minimum absolute atomic E-state index is 0.305. The molecule has 0 bridgehead atoms. The first-order valence-corrected chi connectivity index (χ1v) is 5.35. The van der Waals surface area contributed by atoms with Crippen LogP contribution in [0.15, 0.2) is 12.3 Å². The average Bonchev–Trinajstić information content (AvgIpc) is 2.89. The molecule has 0 unspecified atom stereocenters. The number of nitrogens with zero attached hydrogens (tertiary/aromatic N) is 1. The molecule has 2 N–H and O–H groups in total. The zero-order chi connectivity index (χ0) is 11.3. The molecule has 1 fully saturated rings. The third-order valence-corrected chi connectivity index (χ3v) is 3.72. The molecule has 1 aromatic rings. The molecule has 15 heavy (non-hydrogen) atoms. The van der Waals surface area contributed by atoms with E-state index in [2.05, 4.69) is 4.98 Å². The predicted octanol–water partition coefficient (Wildman–Crippen LogP) is 2.64. The molecule has 0 atom stereocenters. The van der Waals surface area contributed by atoms with Crippen molar-refractivity contribution in [3.63, 3.8) is 0 Å². The maximum Gasteiger partial charge on any atom is 0.216 e. The zero-order valence-corrected chi connectivity index (χ0v) is 9.61. The van der Waals surface area contributed by atoms with E-state index in [1.165, 1.54) is 6.20 Å². The molecule has 1 aromatic heterocycles. The van der Waals surface area contributed by atoms with Gasteiger partial charge in [-0.25, -0.2) is 4.98 Å². The zero-order valence-electron chi connectivity index (χ0n) is 8.85. The highest BCUT2D eigenvalue weighted by atomic mass is 35.5. The fourth-order valence-electron chi connectivity index (χ4n) is 1.89. The summed E-state index contributed by atoms with van der Waals surface area (Å²) in [6, 6.07) is 1.62. The Labute approximate surface area is 93.6 Å². The molecule has 1 saturated carbocycles. The number of nitrogens with two attached hydrogens (primary N) is 1. The summed E-state index contributed by atoms with van der Waals surface area (Å²) in [6.07, 6.45) is 3.16. The van der Waals surface area contributed by atoms with E-state index >= 15 is 0 Å². The third kappa shape index (κ3) is 1.64. The van der Waals surface area contributed by atoms with E-state index in [1.807, 2.05) is 13.8 Å². The molecule has 0 aromatic carbocycles. The van der Waals surface area contributed by atoms with Crippen LogP contribution < -0.4 is 5.73 Å². The molecule has 2 rings (SSSR count). The molecule has 1 aliphatic carbocycles. The van der Waals surface area contributed by atoms with E-state index in [0.717, 1.165) is 12.8 Å². The second kappa shape index (κ2) is 3.16. The number of rotatable bonds is 2. The summed E-state index contributed by atoms with van der Waals surface area (Å²) in [5, 5.41) is 0.448. The van der Waals surface area contributed by atoms with Gasteiger partial charge in [-0.1, -0.05) is 25.4 Å². The second-order valence-corrected chi connectivity index (χ2v) is 5.21. The summed E-state index contributed by atoms with van der Waals surface area (Å²) in [7, 11) is 0. The molecule has 82 valence electrons. The van der Waals surface area contributed by atoms with Crippen molar-refractivity contribution in [1.82, 2.24) is 4.98 Å². The molecule has 0 spiro atoms. The van der Waals surface area contributed by atoms with Gasteiger partial charge in [0, 0.05) is 22.7 Å². The molecule has 0 aliphatic heterocycles. The lowest BCUT2D eigenvalue weighted by Gasteiger charge is -2.32. The lowest BCUT2D eigenvalue weighted by molar-refractivity contribution is 0.369. The lowest BCUT2D eigenvalue weighted by Crippen LogP contribution is -2.44. The van der Waals surface area contributed by atoms with Gasteiger partial charge in [0.2, 0.25) is 5.95 Å². The highest BCUT2D eigenvalue weighted by Crippen LogP contribution is 2.49. The number of halogens is 2. The number of hydrogen-bond donors (Lipinski definition) is 1. The van der Waals surface area contributed by atoms with Gasteiger partial charge in [0.1, 0.15) is 0 Å². The first-order chi connectivity index (χ1) is 6.87. The van der Waals surface area contributed by atoms with Crippen molar-refractivity contribution in [2.24, 2.45) is 5.73 Å². The van der Waals surface area contributed by atoms with Crippen LogP contribution in [0.1, 0.15) is 32.3 Å². The lowest BCUT2D eigenvalue weighted by atomic mass is 9.76. The Morgan fingerprint density at radius 3 is 2.67 bits per heavy atom. The van der Waals surface area contributed by atoms with Crippen molar-refractivity contribution in [3.8, 4) is 0 Å². The van der Waals surface area contributed by atoms with Gasteiger partial charge in [-0.05, 0) is 18.9 Å². The Morgan fingerprint density at radius 2 is 2.13 bits per heavy atom. The van der Waals surface area contributed by atoms with Crippen LogP contribution in [0.25, 0.3) is 0 Å². The van der Waals surface area contributed by atoms with Gasteiger partial charge in [-0.2, -0.15) is 4.39 Å². The van der Waals surface area contributed by atoms with Crippen LogP contribution >= 0.6 is 11.6 Å². The van der Waals surface area contributed by atoms with Crippen LogP contribution in [-0.4, -0.2) is 10.5 Å². The molecule has 0 radical (unpaired) electrons. The Balaban J connectivity index is 2.48. The largest absolute Gasteiger partial charge is 0.324 e. The number of aromatic nitrogens is 1. The first kappa shape index (κ1) is 10.8. The van der Waals surface area contributed by atoms with Gasteiger partial charge in [-0.3, -0.25) is 0 Å². The van der Waals surface area contributed by atoms with E-state index in [0.29, 0.717) is 10.6 Å². The van der Waals surface area contributed by atoms with E-state index in [9.17, 15) is 4.39 Å². The normalized spacial score (nSPS) is 19.0. The van der Waals surface area contributed by atoms with Crippen molar-refractivity contribution in [2.75, 3.05) is 0 Å². The van der Waals surface area contributed by atoms with Crippen LogP contribution in [0.4, 0.5) is 4.39 Å². The maximum atomic E-state index is 13.6. The quantitative estimate of drug-likeness (QED) is 0.791. The Kier molecular flexibility index (Phi) is 2.28. The van der Waals surface area contributed by atoms with Crippen LogP contribution in [0.5, 0.6) is 0 Å². The summed E-state index contributed by atoms with van der Waals surface area (Å²) >= 11 is 5.82. The Hall–Kier alpha value is -0.670. The fourth-order valence-corrected chi connectivity index (χ4v) is 2.05. The fraction of sp³-hybridized carbons (Fsp3) is 0.545. The number of pyridine rings is 1. The minimum Gasteiger partial charge on any atom is -0.324 e. The molecular weight excluding hydrogens is 215 g/mol. The third-order valence-electron chi connectivity index (χ3n) is 3.51. The van der Waals surface area contributed by atoms with Gasteiger partial charge < -0.3 is 5.73 Å². The van der Waals surface area contributed by atoms with Crippen molar-refractivity contribution in [1.29, 1.82) is 0 Å². The standard InChI is InChI=1S/C11H14ClFN2/c1-10(2,11(14)3-4-11)8-5-7(12)6-15-9(8)13/h5-6H,3-4,14H2,1-2H3. The summed E-state index contributed by atoms with van der Waals surface area (Å²) in [5.74, 6) is -0.471. The van der Waals surface area contributed by atoms with E-state index in [1.54, 1.807) is 6.07 Å². The van der Waals surface area contributed by atoms with Gasteiger partial charge in [0.05, 0.1) is 5.02 Å². The summed E-state index contributed by atoms with van der Waals surface area (Å²) in [6.45, 7) is 3.88. The average molecular weight is 229 g/mol. The Bertz CT molecular complexity index is 400. The second-order valence-electron chi connectivity index (χ2n) is 4.77. The first-order valence-electron chi connectivity index (χ1n) is 4.97. The molecule has 0 saturated heterocycles. The summed E-state index contributed by atoms with van der Waals surface area (Å²) in [5.41, 5.74) is 5.92. The monoisotopic (exact) mass is 228 g/mol. The highest BCUT2D eigenvalue weighted by Gasteiger charge is 2.53. The smallest absolute Gasteiger partial charge is 0.216 e. The summed E-state index contributed by atoms with van der Waals surface area (Å²) < 4.78 is 13.6. The number of hydrogen-bond acceptors (Lipinski definition) is 2. The minimum atomic E-state index is -0.471. The summed E-state index contributed by atoms with van der Waals surface area (Å²) in [4.78, 5) is 3.63. The molecule has 1 aliphatic rings. The van der Waals surface area contributed by atoms with Crippen LogP contribution in [0, 0.1) is 5.95 Å². The van der Waals surface area contributed by atoms with Gasteiger partial charge in [0.15, 0.2) is 0 Å². The van der Waals surface area contributed by atoms with Crippen LogP contribution in [0.2, 0.25) is 5.02 Å². The molecule has 1 heterocycles. The van der Waals surface area contributed by atoms with Gasteiger partial charge in [0.25, 0.3) is 0 Å². The highest BCUT2D eigenvalue weighted by molar-refractivity contribution is 6.30. The topological polar surface area (TPSA) is 38.9 Å². The maximum absolute atomic E-state index is 13.6.